The number of benzene rings is 2. The molecule has 1 saturated heterocycles. The van der Waals surface area contributed by atoms with Crippen molar-refractivity contribution >= 4 is 23.4 Å². The van der Waals surface area contributed by atoms with E-state index in [-0.39, 0.29) is 24.5 Å². The van der Waals surface area contributed by atoms with Crippen LogP contribution < -0.4 is 26.4 Å². The average Bonchev–Trinajstić information content (AvgIpc) is 3.21. The molecule has 4 N–H and O–H groups in total. The molecule has 2 atom stereocenters. The highest BCUT2D eigenvalue weighted by molar-refractivity contribution is 6.30. The number of rotatable bonds is 6. The first kappa shape index (κ1) is 20.1. The summed E-state index contributed by atoms with van der Waals surface area (Å²) in [7, 11) is 0. The van der Waals surface area contributed by atoms with E-state index < -0.39 is 5.91 Å². The van der Waals surface area contributed by atoms with Crippen LogP contribution >= 0.6 is 11.6 Å². The lowest BCUT2D eigenvalue weighted by molar-refractivity contribution is -0.132. The number of hydrogen-bond acceptors (Lipinski definition) is 5. The first-order valence-corrected chi connectivity index (χ1v) is 9.49. The summed E-state index contributed by atoms with van der Waals surface area (Å²) in [4.78, 5) is 24.5. The number of aryl methyl sites for hydroxylation is 1. The zero-order valence-corrected chi connectivity index (χ0v) is 16.3. The summed E-state index contributed by atoms with van der Waals surface area (Å²) in [5, 5.41) is 0.632. The molecule has 28 heavy (non-hydrogen) atoms. The predicted octanol–water partition coefficient (Wildman–Crippen LogP) is 1.89. The molecule has 8 heteroatoms. The Kier molecular flexibility index (Phi) is 6.86. The summed E-state index contributed by atoms with van der Waals surface area (Å²) in [6.45, 7) is 2.28. The van der Waals surface area contributed by atoms with Gasteiger partial charge in [0.05, 0.1) is 12.0 Å². The molecule has 1 aliphatic rings. The highest BCUT2D eigenvalue weighted by Gasteiger charge is 2.34. The molecule has 0 aromatic heterocycles. The number of carbonyl (C=O) groups excluding carboxylic acids is 2. The smallest absolute Gasteiger partial charge is 0.276 e. The number of hydrazine groups is 2. The Morgan fingerprint density at radius 2 is 1.89 bits per heavy atom. The molecule has 7 nitrogen and oxygen atoms in total. The van der Waals surface area contributed by atoms with E-state index in [0.717, 1.165) is 17.5 Å². The highest BCUT2D eigenvalue weighted by Crippen LogP contribution is 2.26. The molecule has 1 aliphatic heterocycles. The van der Waals surface area contributed by atoms with Gasteiger partial charge in [-0.3, -0.25) is 25.9 Å². The second-order valence-electron chi connectivity index (χ2n) is 6.45. The van der Waals surface area contributed by atoms with Crippen LogP contribution in [-0.4, -0.2) is 25.0 Å². The molecule has 2 aromatic rings. The quantitative estimate of drug-likeness (QED) is 0.554. The molecule has 148 valence electrons. The van der Waals surface area contributed by atoms with Gasteiger partial charge in [-0.1, -0.05) is 48.9 Å². The summed E-state index contributed by atoms with van der Waals surface area (Å²) in [5.74, 6) is -0.442. The lowest BCUT2D eigenvalue weighted by Gasteiger charge is -2.19. The second kappa shape index (κ2) is 9.54. The van der Waals surface area contributed by atoms with Crippen molar-refractivity contribution < 1.29 is 14.3 Å². The van der Waals surface area contributed by atoms with Crippen LogP contribution in [0.25, 0.3) is 0 Å². The van der Waals surface area contributed by atoms with Crippen molar-refractivity contribution in [2.75, 3.05) is 13.2 Å². The lowest BCUT2D eigenvalue weighted by Crippen LogP contribution is -2.47. The van der Waals surface area contributed by atoms with Crippen molar-refractivity contribution in [2.24, 2.45) is 5.92 Å². The Labute approximate surface area is 168 Å². The van der Waals surface area contributed by atoms with E-state index in [1.54, 1.807) is 12.1 Å². The van der Waals surface area contributed by atoms with E-state index >= 15 is 0 Å². The van der Waals surface area contributed by atoms with Gasteiger partial charge < -0.3 is 4.74 Å². The Bertz CT molecular complexity index is 828. The molecule has 1 heterocycles. The van der Waals surface area contributed by atoms with Gasteiger partial charge in [-0.2, -0.15) is 0 Å². The van der Waals surface area contributed by atoms with Crippen LogP contribution in [0.4, 0.5) is 0 Å². The first-order valence-electron chi connectivity index (χ1n) is 9.11. The summed E-state index contributed by atoms with van der Waals surface area (Å²) in [6.07, 6.45) is 0.808. The van der Waals surface area contributed by atoms with Gasteiger partial charge in [-0.25, -0.2) is 5.43 Å². The Morgan fingerprint density at radius 3 is 2.64 bits per heavy atom. The largest absolute Gasteiger partial charge is 0.483 e. The molecule has 2 aromatic carbocycles. The summed E-state index contributed by atoms with van der Waals surface area (Å²) in [5.41, 5.74) is 12.9. The van der Waals surface area contributed by atoms with Crippen molar-refractivity contribution in [3.8, 4) is 5.75 Å². The van der Waals surface area contributed by atoms with Gasteiger partial charge in [-0.05, 0) is 35.7 Å². The van der Waals surface area contributed by atoms with Gasteiger partial charge in [0.2, 0.25) is 5.91 Å². The minimum Gasteiger partial charge on any atom is -0.483 e. The van der Waals surface area contributed by atoms with Gasteiger partial charge in [0.1, 0.15) is 5.75 Å². The number of hydrogen-bond donors (Lipinski definition) is 4. The van der Waals surface area contributed by atoms with E-state index in [1.165, 1.54) is 0 Å². The Hall–Kier alpha value is -2.61. The standard InChI is InChI=1S/C20H23ClN4O3/c1-2-13-5-3-4-6-17(13)28-12-18(26)23-25-20(27)16-11-22-24-19(16)14-7-9-15(21)10-8-14/h3-10,16,19,22,24H,2,11-12H2,1H3,(H,23,26)(H,25,27). The van der Waals surface area contributed by atoms with Crippen molar-refractivity contribution in [1.29, 1.82) is 0 Å². The van der Waals surface area contributed by atoms with Gasteiger partial charge in [0.25, 0.3) is 5.91 Å². The summed E-state index contributed by atoms with van der Waals surface area (Å²) < 4.78 is 5.55. The van der Waals surface area contributed by atoms with Crippen LogP contribution in [0, 0.1) is 5.92 Å². The summed E-state index contributed by atoms with van der Waals surface area (Å²) in [6, 6.07) is 14.6. The molecular weight excluding hydrogens is 380 g/mol. The first-order chi connectivity index (χ1) is 13.6. The van der Waals surface area contributed by atoms with Crippen molar-refractivity contribution in [2.45, 2.75) is 19.4 Å². The van der Waals surface area contributed by atoms with Gasteiger partial charge in [0.15, 0.2) is 6.61 Å². The van der Waals surface area contributed by atoms with Crippen LogP contribution in [-0.2, 0) is 16.0 Å². The normalized spacial score (nSPS) is 18.5. The van der Waals surface area contributed by atoms with E-state index in [1.807, 2.05) is 43.3 Å². The SMILES string of the molecule is CCc1ccccc1OCC(=O)NNC(=O)C1CNNC1c1ccc(Cl)cc1. The monoisotopic (exact) mass is 402 g/mol. The summed E-state index contributed by atoms with van der Waals surface area (Å²) >= 11 is 5.92. The molecule has 2 unspecified atom stereocenters. The predicted molar refractivity (Wildman–Crippen MR) is 106 cm³/mol. The minimum absolute atomic E-state index is 0.181. The van der Waals surface area contributed by atoms with Crippen molar-refractivity contribution in [3.05, 3.63) is 64.7 Å². The molecule has 0 radical (unpaired) electrons. The number of halogens is 1. The van der Waals surface area contributed by atoms with Gasteiger partial charge in [0, 0.05) is 11.6 Å². The fraction of sp³-hybridized carbons (Fsp3) is 0.300. The van der Waals surface area contributed by atoms with E-state index in [2.05, 4.69) is 21.7 Å². The molecule has 1 fully saturated rings. The lowest BCUT2D eigenvalue weighted by atomic mass is 9.94. The number of para-hydroxylation sites is 1. The van der Waals surface area contributed by atoms with Crippen molar-refractivity contribution in [3.63, 3.8) is 0 Å². The molecule has 2 amide bonds. The van der Waals surface area contributed by atoms with E-state index in [9.17, 15) is 9.59 Å². The van der Waals surface area contributed by atoms with Crippen molar-refractivity contribution in [1.82, 2.24) is 21.7 Å². The minimum atomic E-state index is -0.429. The maximum absolute atomic E-state index is 12.5. The van der Waals surface area contributed by atoms with Crippen LogP contribution in [0.1, 0.15) is 24.1 Å². The third-order valence-corrected chi connectivity index (χ3v) is 4.84. The molecule has 0 bridgehead atoms. The molecule has 0 saturated carbocycles. The van der Waals surface area contributed by atoms with Crippen LogP contribution in [0.3, 0.4) is 0 Å². The van der Waals surface area contributed by atoms with Crippen LogP contribution in [0.5, 0.6) is 5.75 Å². The average molecular weight is 403 g/mol. The highest BCUT2D eigenvalue weighted by atomic mass is 35.5. The second-order valence-corrected chi connectivity index (χ2v) is 6.88. The molecule has 0 aliphatic carbocycles. The molecular formula is C20H23ClN4O3. The Morgan fingerprint density at radius 1 is 1.14 bits per heavy atom. The topological polar surface area (TPSA) is 91.5 Å². The van der Waals surface area contributed by atoms with Crippen LogP contribution in [0.15, 0.2) is 48.5 Å². The number of ether oxygens (including phenoxy) is 1. The van der Waals surface area contributed by atoms with Gasteiger partial charge >= 0.3 is 0 Å². The number of amides is 2. The van der Waals surface area contributed by atoms with E-state index in [0.29, 0.717) is 17.3 Å². The fourth-order valence-electron chi connectivity index (χ4n) is 3.07. The molecule has 0 spiro atoms. The fourth-order valence-corrected chi connectivity index (χ4v) is 3.19. The Balaban J connectivity index is 1.50. The molecule has 3 rings (SSSR count). The third-order valence-electron chi connectivity index (χ3n) is 4.59. The van der Waals surface area contributed by atoms with Gasteiger partial charge in [-0.15, -0.1) is 0 Å². The maximum atomic E-state index is 12.5. The zero-order valence-electron chi connectivity index (χ0n) is 15.5. The van der Waals surface area contributed by atoms with E-state index in [4.69, 9.17) is 16.3 Å². The maximum Gasteiger partial charge on any atom is 0.276 e. The zero-order chi connectivity index (χ0) is 19.9. The third kappa shape index (κ3) is 5.01. The number of nitrogens with one attached hydrogen (secondary N) is 4. The number of carbonyl (C=O) groups is 2. The van der Waals surface area contributed by atoms with Crippen LogP contribution in [0.2, 0.25) is 5.02 Å².